The van der Waals surface area contributed by atoms with Crippen molar-refractivity contribution in [3.8, 4) is 6.07 Å². The Bertz CT molecular complexity index is 360. The van der Waals surface area contributed by atoms with Crippen LogP contribution in [0.5, 0.6) is 0 Å². The van der Waals surface area contributed by atoms with Crippen LogP contribution in [-0.4, -0.2) is 4.98 Å². The van der Waals surface area contributed by atoms with Gasteiger partial charge in [0.1, 0.15) is 0 Å². The molecular weight excluding hydrogens is 210 g/mol. The summed E-state index contributed by atoms with van der Waals surface area (Å²) in [5.41, 5.74) is 0.586. The van der Waals surface area contributed by atoms with Gasteiger partial charge in [-0.05, 0) is 11.1 Å². The number of rotatable bonds is 3. The summed E-state index contributed by atoms with van der Waals surface area (Å²) in [7, 11) is 0. The summed E-state index contributed by atoms with van der Waals surface area (Å²) in [6.07, 6.45) is -0.197. The summed E-state index contributed by atoms with van der Waals surface area (Å²) in [6, 6.07) is 1.83. The Labute approximate surface area is 85.1 Å². The zero-order valence-electron chi connectivity index (χ0n) is 7.17. The van der Waals surface area contributed by atoms with E-state index in [2.05, 4.69) is 4.98 Å². The van der Waals surface area contributed by atoms with E-state index in [1.165, 1.54) is 6.20 Å². The molecule has 0 bridgehead atoms. The third-order valence-electron chi connectivity index (χ3n) is 1.81. The number of pyridine rings is 1. The lowest BCUT2D eigenvalue weighted by molar-refractivity contribution is 0.150. The van der Waals surface area contributed by atoms with Crippen LogP contribution in [-0.2, 0) is 12.3 Å². The highest BCUT2D eigenvalue weighted by Gasteiger charge is 2.15. The first-order chi connectivity index (χ1) is 6.70. The number of hydrogen-bond donors (Lipinski definition) is 0. The van der Waals surface area contributed by atoms with Crippen LogP contribution >= 0.6 is 11.6 Å². The Hall–Kier alpha value is -1.21. The van der Waals surface area contributed by atoms with Crippen molar-refractivity contribution >= 4 is 11.6 Å². The summed E-state index contributed by atoms with van der Waals surface area (Å²) in [4.78, 5) is 3.65. The molecule has 14 heavy (non-hydrogen) atoms. The van der Waals surface area contributed by atoms with E-state index in [1.54, 1.807) is 0 Å². The monoisotopic (exact) mass is 216 g/mol. The Kier molecular flexibility index (Phi) is 3.78. The van der Waals surface area contributed by atoms with Gasteiger partial charge in [-0.15, -0.1) is 11.6 Å². The molecule has 0 amide bonds. The molecule has 1 heterocycles. The highest BCUT2D eigenvalue weighted by molar-refractivity contribution is 6.17. The van der Waals surface area contributed by atoms with Gasteiger partial charge in [-0.1, -0.05) is 0 Å². The lowest BCUT2D eigenvalue weighted by Gasteiger charge is -2.08. The minimum absolute atomic E-state index is 0.0652. The molecule has 0 radical (unpaired) electrons. The predicted octanol–water partition coefficient (Wildman–Crippen LogP) is 2.82. The van der Waals surface area contributed by atoms with E-state index in [0.717, 1.165) is 6.20 Å². The molecule has 0 fully saturated rings. The number of nitrogens with zero attached hydrogens (tertiary/aromatic N) is 2. The van der Waals surface area contributed by atoms with Gasteiger partial charge in [-0.3, -0.25) is 4.98 Å². The van der Waals surface area contributed by atoms with Gasteiger partial charge in [-0.25, -0.2) is 8.78 Å². The van der Waals surface area contributed by atoms with Crippen LogP contribution in [0.1, 0.15) is 23.1 Å². The van der Waals surface area contributed by atoms with Gasteiger partial charge in [0.2, 0.25) is 0 Å². The molecule has 1 aromatic heterocycles. The molecule has 2 nitrogen and oxygen atoms in total. The van der Waals surface area contributed by atoms with Crippen LogP contribution in [0, 0.1) is 11.3 Å². The molecule has 0 aromatic carbocycles. The lowest BCUT2D eigenvalue weighted by atomic mass is 10.0. The third-order valence-corrected chi connectivity index (χ3v) is 2.10. The zero-order chi connectivity index (χ0) is 10.6. The second-order valence-corrected chi connectivity index (χ2v) is 2.90. The normalized spacial score (nSPS) is 10.2. The maximum Gasteiger partial charge on any atom is 0.265 e. The molecule has 0 spiro atoms. The topological polar surface area (TPSA) is 36.7 Å². The molecule has 0 unspecified atom stereocenters. The third kappa shape index (κ3) is 2.18. The van der Waals surface area contributed by atoms with Crippen molar-refractivity contribution in [1.29, 1.82) is 5.26 Å². The van der Waals surface area contributed by atoms with Crippen molar-refractivity contribution in [3.63, 3.8) is 0 Å². The zero-order valence-corrected chi connectivity index (χ0v) is 7.93. The summed E-state index contributed by atoms with van der Waals surface area (Å²) >= 11 is 5.55. The van der Waals surface area contributed by atoms with Gasteiger partial charge in [0.25, 0.3) is 6.43 Å². The Balaban J connectivity index is 3.22. The van der Waals surface area contributed by atoms with Gasteiger partial charge < -0.3 is 0 Å². The fraction of sp³-hybridized carbons (Fsp3) is 0.333. The van der Waals surface area contributed by atoms with Crippen molar-refractivity contribution in [1.82, 2.24) is 4.98 Å². The average Bonchev–Trinajstić information content (AvgIpc) is 2.18. The minimum Gasteiger partial charge on any atom is -0.264 e. The standard InChI is InChI=1S/C9H7ClF2N2/c10-3-6-4-14-5-8(9(11)12)7(6)1-2-13/h4-5,9H,1,3H2. The number of alkyl halides is 3. The minimum atomic E-state index is -2.62. The first kappa shape index (κ1) is 10.9. The molecule has 1 aromatic rings. The Morgan fingerprint density at radius 2 is 2.21 bits per heavy atom. The summed E-state index contributed by atoms with van der Waals surface area (Å²) in [6.45, 7) is 0. The van der Waals surface area contributed by atoms with Crippen molar-refractivity contribution < 1.29 is 8.78 Å². The SMILES string of the molecule is N#CCc1c(CCl)cncc1C(F)F. The van der Waals surface area contributed by atoms with Crippen molar-refractivity contribution in [2.75, 3.05) is 0 Å². The molecule has 0 N–H and O–H groups in total. The number of hydrogen-bond acceptors (Lipinski definition) is 2. The molecule has 0 aliphatic heterocycles. The summed E-state index contributed by atoms with van der Waals surface area (Å²) in [5, 5.41) is 8.49. The maximum absolute atomic E-state index is 12.5. The van der Waals surface area contributed by atoms with E-state index < -0.39 is 6.43 Å². The second-order valence-electron chi connectivity index (χ2n) is 2.64. The van der Waals surface area contributed by atoms with Gasteiger partial charge >= 0.3 is 0 Å². The van der Waals surface area contributed by atoms with Gasteiger partial charge in [0.05, 0.1) is 12.5 Å². The van der Waals surface area contributed by atoms with Crippen LogP contribution in [0.2, 0.25) is 0 Å². The smallest absolute Gasteiger partial charge is 0.264 e. The summed E-state index contributed by atoms with van der Waals surface area (Å²) in [5.74, 6) is 0.0879. The molecular formula is C9H7ClF2N2. The van der Waals surface area contributed by atoms with Crippen LogP contribution in [0.4, 0.5) is 8.78 Å². The number of aromatic nitrogens is 1. The van der Waals surface area contributed by atoms with Crippen molar-refractivity contribution in [2.24, 2.45) is 0 Å². The summed E-state index contributed by atoms with van der Waals surface area (Å²) < 4.78 is 24.9. The molecule has 0 saturated carbocycles. The average molecular weight is 217 g/mol. The van der Waals surface area contributed by atoms with E-state index in [0.29, 0.717) is 11.1 Å². The Morgan fingerprint density at radius 3 is 2.71 bits per heavy atom. The molecule has 74 valence electrons. The highest BCUT2D eigenvalue weighted by Crippen LogP contribution is 2.25. The van der Waals surface area contributed by atoms with Crippen LogP contribution < -0.4 is 0 Å². The molecule has 1 rings (SSSR count). The fourth-order valence-electron chi connectivity index (χ4n) is 1.15. The fourth-order valence-corrected chi connectivity index (χ4v) is 1.38. The first-order valence-electron chi connectivity index (χ1n) is 3.87. The Morgan fingerprint density at radius 1 is 1.50 bits per heavy atom. The van der Waals surface area contributed by atoms with Gasteiger partial charge in [-0.2, -0.15) is 5.26 Å². The quantitative estimate of drug-likeness (QED) is 0.729. The van der Waals surface area contributed by atoms with Crippen LogP contribution in [0.15, 0.2) is 12.4 Å². The predicted molar refractivity (Wildman–Crippen MR) is 48.1 cm³/mol. The maximum atomic E-state index is 12.5. The second kappa shape index (κ2) is 4.87. The molecule has 0 saturated heterocycles. The van der Waals surface area contributed by atoms with Crippen molar-refractivity contribution in [3.05, 3.63) is 29.1 Å². The van der Waals surface area contributed by atoms with Crippen LogP contribution in [0.25, 0.3) is 0 Å². The molecule has 0 aliphatic rings. The van der Waals surface area contributed by atoms with E-state index in [-0.39, 0.29) is 17.9 Å². The lowest BCUT2D eigenvalue weighted by Crippen LogP contribution is -2.00. The molecule has 5 heteroatoms. The van der Waals surface area contributed by atoms with Crippen molar-refractivity contribution in [2.45, 2.75) is 18.7 Å². The van der Waals surface area contributed by atoms with Gasteiger partial charge in [0, 0.05) is 23.8 Å². The number of nitriles is 1. The van der Waals surface area contributed by atoms with E-state index in [1.807, 2.05) is 6.07 Å². The highest BCUT2D eigenvalue weighted by atomic mass is 35.5. The van der Waals surface area contributed by atoms with Gasteiger partial charge in [0.15, 0.2) is 0 Å². The largest absolute Gasteiger partial charge is 0.265 e. The molecule has 0 aliphatic carbocycles. The van der Waals surface area contributed by atoms with Crippen LogP contribution in [0.3, 0.4) is 0 Å². The molecule has 0 atom stereocenters. The van der Waals surface area contributed by atoms with E-state index in [4.69, 9.17) is 16.9 Å². The van der Waals surface area contributed by atoms with E-state index >= 15 is 0 Å². The van der Waals surface area contributed by atoms with E-state index in [9.17, 15) is 8.78 Å². The number of halogens is 3. The first-order valence-corrected chi connectivity index (χ1v) is 4.40.